The fourth-order valence-electron chi connectivity index (χ4n) is 2.69. The van der Waals surface area contributed by atoms with Crippen molar-refractivity contribution in [1.82, 2.24) is 25.8 Å². The molecule has 0 aromatic heterocycles. The standard InChI is InChI=1S/C18H38N6O2.HI/c1-6-19-17(21-7-8-22-18(2,3)4)24-12-10-23(11-13-24)15-16(25)20-9-14-26-5;/h22H,6-15H2,1-5H3,(H,19,21)(H,20,25);1H. The maximum Gasteiger partial charge on any atom is 0.234 e. The molecule has 27 heavy (non-hydrogen) atoms. The molecule has 0 spiro atoms. The van der Waals surface area contributed by atoms with Gasteiger partial charge in [-0.25, -0.2) is 0 Å². The first-order valence-electron chi connectivity index (χ1n) is 9.62. The first-order chi connectivity index (χ1) is 12.4. The Morgan fingerprint density at radius 3 is 2.33 bits per heavy atom. The van der Waals surface area contributed by atoms with Gasteiger partial charge in [-0.05, 0) is 27.7 Å². The highest BCUT2D eigenvalue weighted by molar-refractivity contribution is 14.0. The van der Waals surface area contributed by atoms with Crippen molar-refractivity contribution < 1.29 is 9.53 Å². The van der Waals surface area contributed by atoms with Gasteiger partial charge in [0.25, 0.3) is 0 Å². The third-order valence-corrected chi connectivity index (χ3v) is 4.03. The van der Waals surface area contributed by atoms with Crippen LogP contribution in [0.5, 0.6) is 0 Å². The van der Waals surface area contributed by atoms with Crippen LogP contribution in [0.4, 0.5) is 0 Å². The van der Waals surface area contributed by atoms with E-state index in [4.69, 9.17) is 9.73 Å². The molecule has 3 N–H and O–H groups in total. The number of nitrogens with one attached hydrogen (secondary N) is 3. The third kappa shape index (κ3) is 12.4. The van der Waals surface area contributed by atoms with Gasteiger partial charge in [0.1, 0.15) is 0 Å². The summed E-state index contributed by atoms with van der Waals surface area (Å²) in [5.74, 6) is 1.02. The summed E-state index contributed by atoms with van der Waals surface area (Å²) < 4.78 is 4.94. The van der Waals surface area contributed by atoms with Gasteiger partial charge < -0.3 is 25.6 Å². The molecule has 1 aliphatic heterocycles. The van der Waals surface area contributed by atoms with E-state index in [0.29, 0.717) is 19.7 Å². The summed E-state index contributed by atoms with van der Waals surface area (Å²) in [6.45, 7) is 16.1. The van der Waals surface area contributed by atoms with Crippen LogP contribution < -0.4 is 16.0 Å². The third-order valence-electron chi connectivity index (χ3n) is 4.03. The van der Waals surface area contributed by atoms with Crippen molar-refractivity contribution in [2.75, 3.05) is 72.6 Å². The average molecular weight is 498 g/mol. The number of hydrogen-bond acceptors (Lipinski definition) is 5. The lowest BCUT2D eigenvalue weighted by Crippen LogP contribution is -2.54. The normalized spacial score (nSPS) is 16.0. The molecule has 1 aliphatic rings. The number of nitrogens with zero attached hydrogens (tertiary/aromatic N) is 3. The number of halogens is 1. The molecule has 0 saturated carbocycles. The molecule has 0 bridgehead atoms. The van der Waals surface area contributed by atoms with E-state index in [1.54, 1.807) is 7.11 Å². The smallest absolute Gasteiger partial charge is 0.234 e. The molecule has 160 valence electrons. The van der Waals surface area contributed by atoms with Crippen LogP contribution in [0.25, 0.3) is 0 Å². The van der Waals surface area contributed by atoms with E-state index in [2.05, 4.69) is 53.4 Å². The first-order valence-corrected chi connectivity index (χ1v) is 9.62. The summed E-state index contributed by atoms with van der Waals surface area (Å²) in [5, 5.41) is 9.70. The summed E-state index contributed by atoms with van der Waals surface area (Å²) in [6, 6.07) is 0. The van der Waals surface area contributed by atoms with Crippen molar-refractivity contribution in [3.8, 4) is 0 Å². The molecule has 1 rings (SSSR count). The first kappa shape index (κ1) is 26.4. The Kier molecular flexibility index (Phi) is 14.0. The second kappa shape index (κ2) is 14.4. The molecule has 1 saturated heterocycles. The van der Waals surface area contributed by atoms with Gasteiger partial charge in [0.2, 0.25) is 5.91 Å². The number of rotatable bonds is 9. The number of amides is 1. The molecule has 0 aromatic carbocycles. The number of aliphatic imine (C=N–C) groups is 1. The maximum atomic E-state index is 11.9. The van der Waals surface area contributed by atoms with Crippen LogP contribution in [0.3, 0.4) is 0 Å². The van der Waals surface area contributed by atoms with Gasteiger partial charge in [-0.3, -0.25) is 14.7 Å². The number of hydrogen-bond donors (Lipinski definition) is 3. The van der Waals surface area contributed by atoms with Gasteiger partial charge >= 0.3 is 0 Å². The molecule has 0 radical (unpaired) electrons. The topological polar surface area (TPSA) is 81.2 Å². The highest BCUT2D eigenvalue weighted by atomic mass is 127. The zero-order valence-corrected chi connectivity index (χ0v) is 20.0. The van der Waals surface area contributed by atoms with Crippen molar-refractivity contribution >= 4 is 35.8 Å². The lowest BCUT2D eigenvalue weighted by molar-refractivity contribution is -0.122. The average Bonchev–Trinajstić information content (AvgIpc) is 2.58. The van der Waals surface area contributed by atoms with Crippen LogP contribution in [0.2, 0.25) is 0 Å². The number of piperazine rings is 1. The van der Waals surface area contributed by atoms with Crippen LogP contribution >= 0.6 is 24.0 Å². The maximum absolute atomic E-state index is 11.9. The predicted molar refractivity (Wildman–Crippen MR) is 122 cm³/mol. The number of ether oxygens (including phenoxy) is 1. The highest BCUT2D eigenvalue weighted by Gasteiger charge is 2.21. The van der Waals surface area contributed by atoms with E-state index in [1.165, 1.54) is 0 Å². The van der Waals surface area contributed by atoms with Gasteiger partial charge in [-0.1, -0.05) is 0 Å². The van der Waals surface area contributed by atoms with E-state index < -0.39 is 0 Å². The van der Waals surface area contributed by atoms with Crippen molar-refractivity contribution in [2.24, 2.45) is 4.99 Å². The van der Waals surface area contributed by atoms with Crippen molar-refractivity contribution in [2.45, 2.75) is 33.2 Å². The molecule has 0 atom stereocenters. The Hall–Kier alpha value is -0.650. The SMILES string of the molecule is CCNC(=NCCNC(C)(C)C)N1CCN(CC(=O)NCCOC)CC1.I. The van der Waals surface area contributed by atoms with E-state index >= 15 is 0 Å². The Labute approximate surface area is 181 Å². The van der Waals surface area contributed by atoms with Gasteiger partial charge in [-0.2, -0.15) is 0 Å². The Bertz CT molecular complexity index is 434. The Balaban J connectivity index is 0.00000676. The fraction of sp³-hybridized carbons (Fsp3) is 0.889. The molecule has 1 amide bonds. The number of carbonyl (C=O) groups excluding carboxylic acids is 1. The second-order valence-corrected chi connectivity index (χ2v) is 7.52. The van der Waals surface area contributed by atoms with Gasteiger partial charge in [-0.15, -0.1) is 24.0 Å². The van der Waals surface area contributed by atoms with E-state index in [1.807, 2.05) is 0 Å². The zero-order chi connectivity index (χ0) is 19.4. The lowest BCUT2D eigenvalue weighted by atomic mass is 10.1. The highest BCUT2D eigenvalue weighted by Crippen LogP contribution is 2.02. The fourth-order valence-corrected chi connectivity index (χ4v) is 2.69. The molecule has 1 heterocycles. The second-order valence-electron chi connectivity index (χ2n) is 7.52. The molecule has 1 fully saturated rings. The molecule has 0 unspecified atom stereocenters. The molecule has 0 aliphatic carbocycles. The van der Waals surface area contributed by atoms with E-state index in [0.717, 1.165) is 51.8 Å². The van der Waals surface area contributed by atoms with Gasteiger partial charge in [0, 0.05) is 58.5 Å². The van der Waals surface area contributed by atoms with Crippen molar-refractivity contribution in [3.63, 3.8) is 0 Å². The minimum absolute atomic E-state index is 0. The minimum atomic E-state index is 0. The molecular formula is C18H39IN6O2. The van der Waals surface area contributed by atoms with Crippen LogP contribution in [0.15, 0.2) is 4.99 Å². The van der Waals surface area contributed by atoms with E-state index in [9.17, 15) is 4.79 Å². The molecule has 9 heteroatoms. The van der Waals surface area contributed by atoms with Crippen molar-refractivity contribution in [1.29, 1.82) is 0 Å². The minimum Gasteiger partial charge on any atom is -0.383 e. The number of methoxy groups -OCH3 is 1. The zero-order valence-electron chi connectivity index (χ0n) is 17.6. The van der Waals surface area contributed by atoms with Crippen LogP contribution in [0.1, 0.15) is 27.7 Å². The summed E-state index contributed by atoms with van der Waals surface area (Å²) in [7, 11) is 1.63. The lowest BCUT2D eigenvalue weighted by Gasteiger charge is -2.36. The molecule has 8 nitrogen and oxygen atoms in total. The molecular weight excluding hydrogens is 459 g/mol. The quantitative estimate of drug-likeness (QED) is 0.184. The van der Waals surface area contributed by atoms with Crippen LogP contribution in [0, 0.1) is 0 Å². The largest absolute Gasteiger partial charge is 0.383 e. The predicted octanol–water partition coefficient (Wildman–Crippen LogP) is 0.338. The van der Waals surface area contributed by atoms with Crippen molar-refractivity contribution in [3.05, 3.63) is 0 Å². The van der Waals surface area contributed by atoms with Gasteiger partial charge in [0.05, 0.1) is 19.7 Å². The van der Waals surface area contributed by atoms with Gasteiger partial charge in [0.15, 0.2) is 5.96 Å². The summed E-state index contributed by atoms with van der Waals surface area (Å²) in [5.41, 5.74) is 0.114. The van der Waals surface area contributed by atoms with Crippen LogP contribution in [-0.2, 0) is 9.53 Å². The Morgan fingerprint density at radius 1 is 1.11 bits per heavy atom. The number of guanidine groups is 1. The Morgan fingerprint density at radius 2 is 1.78 bits per heavy atom. The van der Waals surface area contributed by atoms with E-state index in [-0.39, 0.29) is 35.4 Å². The summed E-state index contributed by atoms with van der Waals surface area (Å²) in [4.78, 5) is 21.1. The van der Waals surface area contributed by atoms with Crippen LogP contribution in [-0.4, -0.2) is 99.8 Å². The summed E-state index contributed by atoms with van der Waals surface area (Å²) in [6.07, 6.45) is 0. The monoisotopic (exact) mass is 498 g/mol. The number of carbonyl (C=O) groups is 1. The molecule has 0 aromatic rings. The summed E-state index contributed by atoms with van der Waals surface area (Å²) >= 11 is 0.